The van der Waals surface area contributed by atoms with Gasteiger partial charge in [0.15, 0.2) is 11.6 Å². The van der Waals surface area contributed by atoms with Crippen LogP contribution in [-0.4, -0.2) is 28.9 Å². The number of rotatable bonds is 4. The van der Waals surface area contributed by atoms with Gasteiger partial charge in [-0.1, -0.05) is 0 Å². The Bertz CT molecular complexity index is 1090. The third-order valence-corrected chi connectivity index (χ3v) is 4.30. The van der Waals surface area contributed by atoms with Crippen molar-refractivity contribution in [2.45, 2.75) is 13.5 Å². The van der Waals surface area contributed by atoms with Gasteiger partial charge in [0.2, 0.25) is 0 Å². The van der Waals surface area contributed by atoms with Crippen LogP contribution in [-0.2, 0) is 0 Å². The van der Waals surface area contributed by atoms with E-state index in [0.29, 0.717) is 34.9 Å². The summed E-state index contributed by atoms with van der Waals surface area (Å²) in [6.07, 6.45) is 3.24. The topological polar surface area (TPSA) is 42.7 Å². The first-order chi connectivity index (χ1) is 13.4. The van der Waals surface area contributed by atoms with E-state index in [1.165, 1.54) is 12.1 Å². The van der Waals surface area contributed by atoms with Crippen molar-refractivity contribution in [3.63, 3.8) is 0 Å². The lowest BCUT2D eigenvalue weighted by molar-refractivity contribution is -0.0498. The zero-order valence-electron chi connectivity index (χ0n) is 14.6. The lowest BCUT2D eigenvalue weighted by Gasteiger charge is -2.29. The molecule has 0 amide bonds. The van der Waals surface area contributed by atoms with Crippen LogP contribution < -0.4 is 9.64 Å². The van der Waals surface area contributed by atoms with E-state index in [4.69, 9.17) is 0 Å². The summed E-state index contributed by atoms with van der Waals surface area (Å²) in [6, 6.07) is 8.24. The molecule has 0 radical (unpaired) electrons. The summed E-state index contributed by atoms with van der Waals surface area (Å²) in [4.78, 5) is 10.3. The molecule has 0 fully saturated rings. The lowest BCUT2D eigenvalue weighted by atomic mass is 10.2. The van der Waals surface area contributed by atoms with Crippen LogP contribution in [0.4, 0.5) is 23.2 Å². The number of hydrogen-bond acceptors (Lipinski definition) is 4. The van der Waals surface area contributed by atoms with Gasteiger partial charge >= 0.3 is 6.61 Å². The molecule has 0 saturated carbocycles. The molecule has 0 unspecified atom stereocenters. The van der Waals surface area contributed by atoms with Crippen molar-refractivity contribution >= 4 is 28.8 Å². The molecule has 144 valence electrons. The number of imidazole rings is 1. The van der Waals surface area contributed by atoms with Crippen molar-refractivity contribution in [1.29, 1.82) is 0 Å². The number of anilines is 1. The van der Waals surface area contributed by atoms with Crippen molar-refractivity contribution in [1.82, 2.24) is 9.55 Å². The Morgan fingerprint density at radius 2 is 1.79 bits per heavy atom. The minimum atomic E-state index is -2.90. The van der Waals surface area contributed by atoms with Gasteiger partial charge in [-0.05, 0) is 31.2 Å². The summed E-state index contributed by atoms with van der Waals surface area (Å²) >= 11 is 0. The third kappa shape index (κ3) is 3.19. The van der Waals surface area contributed by atoms with Crippen molar-refractivity contribution in [3.8, 4) is 5.75 Å². The van der Waals surface area contributed by atoms with Gasteiger partial charge < -0.3 is 9.64 Å². The van der Waals surface area contributed by atoms with Gasteiger partial charge in [-0.3, -0.25) is 9.56 Å². The molecule has 9 heteroatoms. The number of fused-ring (bicyclic) bond motifs is 1. The van der Waals surface area contributed by atoms with E-state index in [1.54, 1.807) is 36.0 Å². The van der Waals surface area contributed by atoms with E-state index in [9.17, 15) is 17.6 Å². The molecule has 0 atom stereocenters. The highest BCUT2D eigenvalue weighted by Gasteiger charge is 2.21. The van der Waals surface area contributed by atoms with E-state index in [-0.39, 0.29) is 5.75 Å². The lowest BCUT2D eigenvalue weighted by Crippen LogP contribution is -2.29. The Balaban J connectivity index is 1.77. The Morgan fingerprint density at radius 1 is 1.07 bits per heavy atom. The summed E-state index contributed by atoms with van der Waals surface area (Å²) in [6.45, 7) is -0.796. The standard InChI is InChI=1S/C19H14F4N4O/c1-11-25-16-8-14(20)15(21)9-17(16)27(11)18-10-24-6-7-26(18)12-2-4-13(5-3-12)28-19(22)23/h2-6,8-10,19H,7H2,1H3. The maximum absolute atomic E-state index is 13.8. The SMILES string of the molecule is Cc1nc2cc(F)c(F)cc2n1C1=CN=CCN1c1ccc(OC(F)F)cc1. The fraction of sp³-hybridized carbons (Fsp3) is 0.158. The van der Waals surface area contributed by atoms with Gasteiger partial charge in [0.25, 0.3) is 0 Å². The molecule has 28 heavy (non-hydrogen) atoms. The average Bonchev–Trinajstić information content (AvgIpc) is 2.97. The molecule has 0 aliphatic carbocycles. The number of hydrogen-bond donors (Lipinski definition) is 0. The molecule has 1 aliphatic rings. The molecule has 5 nitrogen and oxygen atoms in total. The molecule has 0 spiro atoms. The Hall–Kier alpha value is -3.36. The second-order valence-corrected chi connectivity index (χ2v) is 6.05. The first-order valence-electron chi connectivity index (χ1n) is 8.33. The molecule has 2 aromatic carbocycles. The number of aromatic nitrogens is 2. The molecule has 2 heterocycles. The maximum atomic E-state index is 13.8. The molecular weight excluding hydrogens is 376 g/mol. The molecule has 1 aromatic heterocycles. The number of ether oxygens (including phenoxy) is 1. The molecular formula is C19H14F4N4O. The van der Waals surface area contributed by atoms with Gasteiger partial charge in [0.1, 0.15) is 17.4 Å². The van der Waals surface area contributed by atoms with Gasteiger partial charge in [-0.25, -0.2) is 13.8 Å². The number of nitrogens with zero attached hydrogens (tertiary/aromatic N) is 4. The van der Waals surface area contributed by atoms with E-state index in [1.807, 2.05) is 4.90 Å². The van der Waals surface area contributed by atoms with Crippen LogP contribution >= 0.6 is 0 Å². The van der Waals surface area contributed by atoms with E-state index >= 15 is 0 Å². The van der Waals surface area contributed by atoms with Crippen LogP contribution in [0.25, 0.3) is 16.9 Å². The zero-order chi connectivity index (χ0) is 19.8. The minimum absolute atomic E-state index is 0.0387. The van der Waals surface area contributed by atoms with Crippen molar-refractivity contribution in [2.24, 2.45) is 4.99 Å². The predicted octanol–water partition coefficient (Wildman–Crippen LogP) is 4.57. The molecule has 4 rings (SSSR count). The molecule has 0 bridgehead atoms. The van der Waals surface area contributed by atoms with Crippen LogP contribution in [0.3, 0.4) is 0 Å². The van der Waals surface area contributed by atoms with Crippen LogP contribution in [0.5, 0.6) is 5.75 Å². The normalized spacial score (nSPS) is 14.1. The molecule has 0 N–H and O–H groups in total. The fourth-order valence-corrected chi connectivity index (χ4v) is 3.12. The van der Waals surface area contributed by atoms with E-state index < -0.39 is 18.2 Å². The number of aryl methyl sites for hydroxylation is 1. The first kappa shape index (κ1) is 18.0. The van der Waals surface area contributed by atoms with Gasteiger partial charge in [0.05, 0.1) is 23.8 Å². The number of alkyl halides is 2. The predicted molar refractivity (Wildman–Crippen MR) is 97.6 cm³/mol. The average molecular weight is 390 g/mol. The highest BCUT2D eigenvalue weighted by Crippen LogP contribution is 2.30. The second-order valence-electron chi connectivity index (χ2n) is 6.05. The van der Waals surface area contributed by atoms with Crippen molar-refractivity contribution in [3.05, 3.63) is 60.1 Å². The Labute approximate surface area is 157 Å². The number of benzene rings is 2. The summed E-state index contributed by atoms with van der Waals surface area (Å²) in [5.41, 5.74) is 1.39. The smallest absolute Gasteiger partial charge is 0.387 e. The van der Waals surface area contributed by atoms with E-state index in [2.05, 4.69) is 14.7 Å². The summed E-state index contributed by atoms with van der Waals surface area (Å²) in [7, 11) is 0. The highest BCUT2D eigenvalue weighted by atomic mass is 19.3. The quantitative estimate of drug-likeness (QED) is 0.613. The largest absolute Gasteiger partial charge is 0.435 e. The molecule has 3 aromatic rings. The first-order valence-corrected chi connectivity index (χ1v) is 8.33. The monoisotopic (exact) mass is 390 g/mol. The number of aliphatic imine (C=N–C) groups is 1. The van der Waals surface area contributed by atoms with Crippen LogP contribution in [0.2, 0.25) is 0 Å². The van der Waals surface area contributed by atoms with Crippen molar-refractivity contribution < 1.29 is 22.3 Å². The highest BCUT2D eigenvalue weighted by molar-refractivity contribution is 5.87. The summed E-state index contributed by atoms with van der Waals surface area (Å²) in [5.74, 6) is -0.827. The molecule has 0 saturated heterocycles. The van der Waals surface area contributed by atoms with Gasteiger partial charge in [0, 0.05) is 24.0 Å². The van der Waals surface area contributed by atoms with Crippen molar-refractivity contribution in [2.75, 3.05) is 11.4 Å². The van der Waals surface area contributed by atoms with Crippen LogP contribution in [0.15, 0.2) is 47.6 Å². The zero-order valence-corrected chi connectivity index (χ0v) is 14.6. The van der Waals surface area contributed by atoms with E-state index in [0.717, 1.165) is 12.1 Å². The Morgan fingerprint density at radius 3 is 2.50 bits per heavy atom. The minimum Gasteiger partial charge on any atom is -0.435 e. The van der Waals surface area contributed by atoms with Gasteiger partial charge in [-0.15, -0.1) is 0 Å². The summed E-state index contributed by atoms with van der Waals surface area (Å²) < 4.78 is 58.1. The summed E-state index contributed by atoms with van der Waals surface area (Å²) in [5, 5.41) is 0. The number of halogens is 4. The Kier molecular flexibility index (Phi) is 4.50. The third-order valence-electron chi connectivity index (χ3n) is 4.30. The second kappa shape index (κ2) is 6.99. The fourth-order valence-electron chi connectivity index (χ4n) is 3.12. The molecule has 1 aliphatic heterocycles. The maximum Gasteiger partial charge on any atom is 0.387 e. The van der Waals surface area contributed by atoms with Crippen LogP contribution in [0, 0.1) is 18.6 Å². The van der Waals surface area contributed by atoms with Gasteiger partial charge in [-0.2, -0.15) is 8.78 Å². The van der Waals surface area contributed by atoms with Crippen LogP contribution in [0.1, 0.15) is 5.82 Å².